The first-order chi connectivity index (χ1) is 53.4. The Balaban J connectivity index is 5.25. The lowest BCUT2D eigenvalue weighted by molar-refractivity contribution is -0.161. The predicted molar refractivity (Wildman–Crippen MR) is 455 cm³/mol. The molecule has 0 bridgehead atoms. The van der Waals surface area contributed by atoms with E-state index < -0.39 is 97.5 Å². The Morgan fingerprint density at radius 1 is 0.264 bits per heavy atom. The van der Waals surface area contributed by atoms with Crippen molar-refractivity contribution in [3.63, 3.8) is 0 Å². The molecule has 0 heterocycles. The number of carbonyl (C=O) groups excluding carboxylic acids is 4. The molecule has 19 heteroatoms. The third-order valence-electron chi connectivity index (χ3n) is 21.8. The molecule has 0 fully saturated rings. The van der Waals surface area contributed by atoms with Gasteiger partial charge in [0.15, 0.2) is 12.2 Å². The third kappa shape index (κ3) is 82.6. The molecule has 0 aliphatic rings. The molecule has 0 aromatic heterocycles. The molecule has 3 N–H and O–H groups in total. The van der Waals surface area contributed by atoms with E-state index in [1.54, 1.807) is 0 Å². The van der Waals surface area contributed by atoms with E-state index in [1.165, 1.54) is 308 Å². The molecule has 0 aliphatic carbocycles. The maximum atomic E-state index is 13.2. The first-order valence-corrected chi connectivity index (χ1v) is 50.0. The van der Waals surface area contributed by atoms with E-state index in [2.05, 4.69) is 41.5 Å². The predicted octanol–water partition coefficient (Wildman–Crippen LogP) is 28.2. The lowest BCUT2D eigenvalue weighted by Gasteiger charge is -2.21. The van der Waals surface area contributed by atoms with Crippen LogP contribution in [0.5, 0.6) is 0 Å². The van der Waals surface area contributed by atoms with E-state index in [0.29, 0.717) is 25.7 Å². The average Bonchev–Trinajstić information content (AvgIpc) is 0.897. The molecule has 0 aromatic carbocycles. The highest BCUT2D eigenvalue weighted by molar-refractivity contribution is 7.47. The third-order valence-corrected chi connectivity index (χ3v) is 23.7. The molecule has 0 aliphatic heterocycles. The van der Waals surface area contributed by atoms with Gasteiger partial charge < -0.3 is 33.8 Å². The van der Waals surface area contributed by atoms with Crippen LogP contribution in [0.2, 0.25) is 0 Å². The number of rotatable bonds is 90. The number of unbranched alkanes of at least 4 members (excludes halogenated alkanes) is 59. The summed E-state index contributed by atoms with van der Waals surface area (Å²) >= 11 is 0. The van der Waals surface area contributed by atoms with E-state index in [4.69, 9.17) is 37.0 Å². The summed E-state index contributed by atoms with van der Waals surface area (Å²) in [4.78, 5) is 73.4. The Morgan fingerprint density at radius 3 is 0.691 bits per heavy atom. The largest absolute Gasteiger partial charge is 0.472 e. The van der Waals surface area contributed by atoms with Gasteiger partial charge in [-0.1, -0.05) is 440 Å². The Morgan fingerprint density at radius 2 is 0.464 bits per heavy atom. The van der Waals surface area contributed by atoms with Gasteiger partial charge in [0.05, 0.1) is 26.4 Å². The number of aliphatic hydroxyl groups excluding tert-OH is 1. The normalized spacial score (nSPS) is 14.0. The van der Waals surface area contributed by atoms with E-state index in [0.717, 1.165) is 102 Å². The zero-order valence-electron chi connectivity index (χ0n) is 72.6. The number of phosphoric ester groups is 2. The fourth-order valence-electron chi connectivity index (χ4n) is 14.3. The summed E-state index contributed by atoms with van der Waals surface area (Å²) in [6, 6.07) is 0. The Hall–Kier alpha value is -1.94. The molecule has 0 amide bonds. The second-order valence-corrected chi connectivity index (χ2v) is 36.3. The summed E-state index contributed by atoms with van der Waals surface area (Å²) in [6.45, 7) is 9.75. The van der Waals surface area contributed by atoms with Crippen molar-refractivity contribution in [3.05, 3.63) is 0 Å². The molecule has 654 valence electrons. The zero-order chi connectivity index (χ0) is 80.6. The van der Waals surface area contributed by atoms with Crippen molar-refractivity contribution in [1.29, 1.82) is 0 Å². The SMILES string of the molecule is CCCCCCCCCCCCCCCCCCCCCC(=O)OC[C@H](COP(=O)(O)OC[C@@H](O)COP(=O)(O)OC[C@@H](COC(=O)CCCCCCCCCCC(C)CC)OC(=O)CCCCCCCCCCCCCCCCCCCC)OC(=O)CCCCCCCCCCCCCCCCCCCCC(C)C. The van der Waals surface area contributed by atoms with Crippen LogP contribution in [0, 0.1) is 11.8 Å². The van der Waals surface area contributed by atoms with Gasteiger partial charge in [-0.3, -0.25) is 37.3 Å². The molecule has 0 saturated carbocycles. The minimum atomic E-state index is -4.97. The van der Waals surface area contributed by atoms with Gasteiger partial charge in [0.2, 0.25) is 0 Å². The maximum absolute atomic E-state index is 13.2. The van der Waals surface area contributed by atoms with Gasteiger partial charge in [-0.2, -0.15) is 0 Å². The van der Waals surface area contributed by atoms with Crippen LogP contribution in [-0.2, 0) is 65.4 Å². The van der Waals surface area contributed by atoms with E-state index in [-0.39, 0.29) is 25.7 Å². The molecule has 3 unspecified atom stereocenters. The topological polar surface area (TPSA) is 237 Å². The van der Waals surface area contributed by atoms with Gasteiger partial charge in [0, 0.05) is 25.7 Å². The van der Waals surface area contributed by atoms with Gasteiger partial charge in [-0.25, -0.2) is 9.13 Å². The van der Waals surface area contributed by atoms with Crippen molar-refractivity contribution in [3.8, 4) is 0 Å². The Bertz CT molecular complexity index is 2100. The summed E-state index contributed by atoms with van der Waals surface area (Å²) in [7, 11) is -9.94. The average molecular weight is 1610 g/mol. The monoisotopic (exact) mass is 1610 g/mol. The van der Waals surface area contributed by atoms with Crippen LogP contribution in [0.25, 0.3) is 0 Å². The number of hydrogen-bond acceptors (Lipinski definition) is 15. The summed E-state index contributed by atoms with van der Waals surface area (Å²) in [6.07, 6.45) is 76.4. The first kappa shape index (κ1) is 108. The molecule has 0 aromatic rings. The van der Waals surface area contributed by atoms with Gasteiger partial charge in [-0.15, -0.1) is 0 Å². The highest BCUT2D eigenvalue weighted by Crippen LogP contribution is 2.45. The second-order valence-electron chi connectivity index (χ2n) is 33.4. The van der Waals surface area contributed by atoms with Crippen LogP contribution in [0.1, 0.15) is 491 Å². The lowest BCUT2D eigenvalue weighted by atomic mass is 9.99. The van der Waals surface area contributed by atoms with Crippen LogP contribution in [0.3, 0.4) is 0 Å². The second kappa shape index (κ2) is 82.2. The van der Waals surface area contributed by atoms with E-state index in [1.807, 2.05) is 0 Å². The van der Waals surface area contributed by atoms with Crippen LogP contribution in [0.15, 0.2) is 0 Å². The quantitative estimate of drug-likeness (QED) is 0.0222. The molecule has 6 atom stereocenters. The maximum Gasteiger partial charge on any atom is 0.472 e. The first-order valence-electron chi connectivity index (χ1n) is 47.0. The molecule has 17 nitrogen and oxygen atoms in total. The van der Waals surface area contributed by atoms with Crippen molar-refractivity contribution in [2.45, 2.75) is 509 Å². The molecule has 0 rings (SSSR count). The van der Waals surface area contributed by atoms with E-state index in [9.17, 15) is 43.2 Å². The van der Waals surface area contributed by atoms with Gasteiger partial charge in [-0.05, 0) is 37.5 Å². The smallest absolute Gasteiger partial charge is 0.462 e. The van der Waals surface area contributed by atoms with Crippen LogP contribution < -0.4 is 0 Å². The number of aliphatic hydroxyl groups is 1. The summed E-state index contributed by atoms with van der Waals surface area (Å²) < 4.78 is 69.1. The van der Waals surface area contributed by atoms with Crippen molar-refractivity contribution < 1.29 is 80.2 Å². The number of carbonyl (C=O) groups is 4. The Kier molecular flexibility index (Phi) is 80.7. The molecule has 0 radical (unpaired) electrons. The van der Waals surface area contributed by atoms with Crippen molar-refractivity contribution in [2.24, 2.45) is 11.8 Å². The van der Waals surface area contributed by atoms with Crippen molar-refractivity contribution in [1.82, 2.24) is 0 Å². The molecule has 0 spiro atoms. The Labute approximate surface area is 677 Å². The zero-order valence-corrected chi connectivity index (χ0v) is 74.4. The van der Waals surface area contributed by atoms with Crippen molar-refractivity contribution in [2.75, 3.05) is 39.6 Å². The summed E-state index contributed by atoms with van der Waals surface area (Å²) in [5.41, 5.74) is 0. The fourth-order valence-corrected chi connectivity index (χ4v) is 15.9. The number of esters is 4. The fraction of sp³-hybridized carbons (Fsp3) is 0.956. The minimum Gasteiger partial charge on any atom is -0.462 e. The van der Waals surface area contributed by atoms with Gasteiger partial charge in [0.25, 0.3) is 0 Å². The van der Waals surface area contributed by atoms with Crippen LogP contribution >= 0.6 is 15.6 Å². The van der Waals surface area contributed by atoms with Gasteiger partial charge in [0.1, 0.15) is 19.3 Å². The molecular formula is C91H178O17P2. The highest BCUT2D eigenvalue weighted by Gasteiger charge is 2.31. The number of hydrogen-bond donors (Lipinski definition) is 3. The van der Waals surface area contributed by atoms with Crippen LogP contribution in [0.4, 0.5) is 0 Å². The number of phosphoric acid groups is 2. The van der Waals surface area contributed by atoms with Gasteiger partial charge >= 0.3 is 39.5 Å². The molecule has 0 saturated heterocycles. The van der Waals surface area contributed by atoms with Crippen molar-refractivity contribution >= 4 is 39.5 Å². The standard InChI is InChI=1S/C91H178O17P2/c1-7-10-12-14-16-18-20-22-24-26-28-33-36-40-44-48-55-61-67-73-88(93)101-79-86(107-90(95)75-70-64-58-50-46-42-38-34-30-29-31-35-39-43-47-53-59-65-71-83(4)5)81-105-109(97,98)103-77-85(92)78-104-110(99,100)106-82-87(80-102-89(94)74-68-62-56-52-51-54-60-66-72-84(6)9-3)108-91(96)76-69-63-57-49-45-41-37-32-27-25-23-21-19-17-15-13-11-8-2/h83-87,92H,7-82H2,1-6H3,(H,97,98)(H,99,100)/t84?,85-,86-,87-/m1/s1. The minimum absolute atomic E-state index is 0.109. The summed E-state index contributed by atoms with van der Waals surface area (Å²) in [5.74, 6) is -0.498. The van der Waals surface area contributed by atoms with Crippen LogP contribution in [-0.4, -0.2) is 96.7 Å². The molecular weight excluding hydrogens is 1430 g/mol. The number of ether oxygens (including phenoxy) is 4. The lowest BCUT2D eigenvalue weighted by Crippen LogP contribution is -2.30. The molecule has 110 heavy (non-hydrogen) atoms. The summed E-state index contributed by atoms with van der Waals surface area (Å²) in [5, 5.41) is 10.7. The van der Waals surface area contributed by atoms with E-state index >= 15 is 0 Å². The highest BCUT2D eigenvalue weighted by atomic mass is 31.2.